The molecule has 8 nitrogen and oxygen atoms in total. The Morgan fingerprint density at radius 2 is 2.15 bits per heavy atom. The molecule has 2 saturated heterocycles. The molecule has 2 aromatic rings. The van der Waals surface area contributed by atoms with E-state index in [0.717, 1.165) is 37.1 Å². The Morgan fingerprint density at radius 1 is 1.31 bits per heavy atom. The summed E-state index contributed by atoms with van der Waals surface area (Å²) in [5, 5.41) is 10.6. The molecule has 2 aliphatic heterocycles. The zero-order valence-electron chi connectivity index (χ0n) is 14.5. The monoisotopic (exact) mass is 379 g/mol. The van der Waals surface area contributed by atoms with Gasteiger partial charge in [0.05, 0.1) is 5.39 Å². The molecular weight excluding hydrogens is 358 g/mol. The van der Waals surface area contributed by atoms with Gasteiger partial charge < -0.3 is 9.84 Å². The summed E-state index contributed by atoms with van der Waals surface area (Å²) in [5.41, 5.74) is 1.79. The van der Waals surface area contributed by atoms with Crippen molar-refractivity contribution < 1.29 is 14.1 Å². The number of aromatic nitrogens is 1. The van der Waals surface area contributed by atoms with Crippen molar-refractivity contribution >= 4 is 41.1 Å². The predicted octanol–water partition coefficient (Wildman–Crippen LogP) is 1.49. The number of carbonyl (C=O) groups is 2. The number of anilines is 1. The molecule has 3 heterocycles. The highest BCUT2D eigenvalue weighted by Crippen LogP contribution is 2.28. The van der Waals surface area contributed by atoms with Gasteiger partial charge in [0, 0.05) is 45.2 Å². The van der Waals surface area contributed by atoms with Crippen LogP contribution in [-0.2, 0) is 11.3 Å². The van der Waals surface area contributed by atoms with E-state index < -0.39 is 6.03 Å². The van der Waals surface area contributed by atoms with Gasteiger partial charge in [0.1, 0.15) is 0 Å². The predicted molar refractivity (Wildman–Crippen MR) is 99.5 cm³/mol. The topological polar surface area (TPSA) is 90.7 Å². The maximum atomic E-state index is 12.1. The number of piperazine rings is 1. The highest BCUT2D eigenvalue weighted by molar-refractivity contribution is 6.08. The van der Waals surface area contributed by atoms with E-state index in [4.69, 9.17) is 4.52 Å². The number of urea groups is 1. The third kappa shape index (κ3) is 3.53. The quantitative estimate of drug-likeness (QED) is 0.839. The molecule has 4 rings (SSSR count). The van der Waals surface area contributed by atoms with Crippen molar-refractivity contribution in [2.45, 2.75) is 25.9 Å². The Kier molecular flexibility index (Phi) is 5.45. The fraction of sp³-hybridized carbons (Fsp3) is 0.471. The van der Waals surface area contributed by atoms with E-state index in [1.165, 1.54) is 4.90 Å². The van der Waals surface area contributed by atoms with E-state index >= 15 is 0 Å². The van der Waals surface area contributed by atoms with Crippen molar-refractivity contribution in [3.05, 3.63) is 23.8 Å². The van der Waals surface area contributed by atoms with Crippen LogP contribution in [0.3, 0.4) is 0 Å². The van der Waals surface area contributed by atoms with E-state index in [9.17, 15) is 9.59 Å². The van der Waals surface area contributed by atoms with Crippen LogP contribution in [0.25, 0.3) is 11.0 Å². The summed E-state index contributed by atoms with van der Waals surface area (Å²) < 4.78 is 5.36. The van der Waals surface area contributed by atoms with Crippen LogP contribution in [-0.4, -0.2) is 54.2 Å². The second kappa shape index (κ2) is 7.61. The van der Waals surface area contributed by atoms with E-state index in [2.05, 4.69) is 27.6 Å². The minimum Gasteiger partial charge on any atom is -0.354 e. The lowest BCUT2D eigenvalue weighted by Crippen LogP contribution is -2.49. The molecule has 1 aromatic carbocycles. The Hall–Kier alpha value is -2.16. The summed E-state index contributed by atoms with van der Waals surface area (Å²) >= 11 is 0. The Bertz CT molecular complexity index is 824. The van der Waals surface area contributed by atoms with Crippen LogP contribution in [0.4, 0.5) is 10.6 Å². The average molecular weight is 380 g/mol. The molecule has 3 amide bonds. The highest BCUT2D eigenvalue weighted by Gasteiger charge is 2.28. The molecule has 2 N–H and O–H groups in total. The van der Waals surface area contributed by atoms with Gasteiger partial charge in [0.25, 0.3) is 0 Å². The lowest BCUT2D eigenvalue weighted by molar-refractivity contribution is -0.120. The van der Waals surface area contributed by atoms with Gasteiger partial charge in [0.15, 0.2) is 11.4 Å². The van der Waals surface area contributed by atoms with Crippen LogP contribution in [0.15, 0.2) is 22.7 Å². The Labute approximate surface area is 157 Å². The Morgan fingerprint density at radius 3 is 2.92 bits per heavy atom. The minimum absolute atomic E-state index is 0. The standard InChI is InChI=1S/C17H21N5O3.ClH/c1-11-9-18-5-7-21(11)10-12-2-3-14-13(8-12)16(20-25-14)22-6-4-15(23)19-17(22)24;/h2-3,8,11,18H,4-7,9-10H2,1H3,(H,19,23,24);1H/t11-;/m1./s1. The molecule has 26 heavy (non-hydrogen) atoms. The number of amides is 3. The molecule has 0 radical (unpaired) electrons. The van der Waals surface area contributed by atoms with Crippen LogP contribution >= 0.6 is 12.4 Å². The fourth-order valence-electron chi connectivity index (χ4n) is 3.38. The van der Waals surface area contributed by atoms with E-state index in [1.54, 1.807) is 0 Å². The number of hydrogen-bond acceptors (Lipinski definition) is 6. The maximum Gasteiger partial charge on any atom is 0.329 e. The molecular formula is C17H22ClN5O3. The van der Waals surface area contributed by atoms with Gasteiger partial charge in [-0.1, -0.05) is 11.2 Å². The fourth-order valence-corrected chi connectivity index (χ4v) is 3.38. The lowest BCUT2D eigenvalue weighted by Gasteiger charge is -2.33. The molecule has 1 aromatic heterocycles. The van der Waals surface area contributed by atoms with Gasteiger partial charge >= 0.3 is 6.03 Å². The first-order chi connectivity index (χ1) is 12.1. The Balaban J connectivity index is 0.00000196. The molecule has 2 aliphatic rings. The van der Waals surface area contributed by atoms with Gasteiger partial charge in [-0.3, -0.25) is 19.9 Å². The van der Waals surface area contributed by atoms with E-state index in [1.807, 2.05) is 18.2 Å². The molecule has 0 bridgehead atoms. The zero-order chi connectivity index (χ0) is 17.4. The van der Waals surface area contributed by atoms with Crippen molar-refractivity contribution in [2.24, 2.45) is 0 Å². The second-order valence-electron chi connectivity index (χ2n) is 6.62. The summed E-state index contributed by atoms with van der Waals surface area (Å²) in [5.74, 6) is 0.206. The first kappa shape index (κ1) is 18.6. The van der Waals surface area contributed by atoms with Crippen molar-refractivity contribution in [1.82, 2.24) is 20.7 Å². The van der Waals surface area contributed by atoms with Crippen LogP contribution < -0.4 is 15.5 Å². The molecule has 1 atom stereocenters. The molecule has 2 fully saturated rings. The minimum atomic E-state index is -0.451. The van der Waals surface area contributed by atoms with Crippen molar-refractivity contribution in [2.75, 3.05) is 31.1 Å². The number of nitrogens with one attached hydrogen (secondary N) is 2. The third-order valence-electron chi connectivity index (χ3n) is 4.85. The summed E-state index contributed by atoms with van der Waals surface area (Å²) in [6, 6.07) is 5.98. The SMILES string of the molecule is C[C@@H]1CNCCN1Cc1ccc2onc(N3CCC(=O)NC3=O)c2c1.Cl. The van der Waals surface area contributed by atoms with Crippen LogP contribution in [0.1, 0.15) is 18.9 Å². The first-order valence-corrected chi connectivity index (χ1v) is 8.56. The van der Waals surface area contributed by atoms with E-state index in [-0.39, 0.29) is 24.7 Å². The summed E-state index contributed by atoms with van der Waals surface area (Å²) in [7, 11) is 0. The van der Waals surface area contributed by atoms with Crippen LogP contribution in [0, 0.1) is 0 Å². The molecule has 140 valence electrons. The highest BCUT2D eigenvalue weighted by atomic mass is 35.5. The normalized spacial score (nSPS) is 21.6. The average Bonchev–Trinajstić information content (AvgIpc) is 3.00. The van der Waals surface area contributed by atoms with Crippen molar-refractivity contribution in [3.63, 3.8) is 0 Å². The van der Waals surface area contributed by atoms with Crippen molar-refractivity contribution in [3.8, 4) is 0 Å². The van der Waals surface area contributed by atoms with Gasteiger partial charge in [0.2, 0.25) is 5.91 Å². The third-order valence-corrected chi connectivity index (χ3v) is 4.85. The number of benzene rings is 1. The molecule has 0 aliphatic carbocycles. The number of carbonyl (C=O) groups excluding carboxylic acids is 2. The summed E-state index contributed by atoms with van der Waals surface area (Å²) in [6.45, 7) is 6.35. The largest absolute Gasteiger partial charge is 0.354 e. The smallest absolute Gasteiger partial charge is 0.329 e. The van der Waals surface area contributed by atoms with Crippen LogP contribution in [0.2, 0.25) is 0 Å². The number of nitrogens with zero attached hydrogens (tertiary/aromatic N) is 3. The van der Waals surface area contributed by atoms with Gasteiger partial charge in [-0.2, -0.15) is 0 Å². The molecule has 0 unspecified atom stereocenters. The van der Waals surface area contributed by atoms with Gasteiger partial charge in [-0.25, -0.2) is 4.79 Å². The molecule has 0 spiro atoms. The number of imide groups is 1. The number of halogens is 1. The van der Waals surface area contributed by atoms with Gasteiger partial charge in [-0.15, -0.1) is 12.4 Å². The maximum absolute atomic E-state index is 12.1. The summed E-state index contributed by atoms with van der Waals surface area (Å²) in [6.07, 6.45) is 0.262. The van der Waals surface area contributed by atoms with Crippen LogP contribution in [0.5, 0.6) is 0 Å². The number of rotatable bonds is 3. The number of fused-ring (bicyclic) bond motifs is 1. The zero-order valence-corrected chi connectivity index (χ0v) is 15.3. The molecule has 9 heteroatoms. The number of hydrogen-bond donors (Lipinski definition) is 2. The summed E-state index contributed by atoms with van der Waals surface area (Å²) in [4.78, 5) is 27.3. The lowest BCUT2D eigenvalue weighted by atomic mass is 10.1. The van der Waals surface area contributed by atoms with Gasteiger partial charge in [-0.05, 0) is 24.6 Å². The van der Waals surface area contributed by atoms with Crippen molar-refractivity contribution in [1.29, 1.82) is 0 Å². The molecule has 0 saturated carbocycles. The van der Waals surface area contributed by atoms with E-state index in [0.29, 0.717) is 24.0 Å². The first-order valence-electron chi connectivity index (χ1n) is 8.56. The second-order valence-corrected chi connectivity index (χ2v) is 6.62.